The molecular formula is C19H18BrN5O. The van der Waals surface area contributed by atoms with E-state index in [1.807, 2.05) is 30.3 Å². The van der Waals surface area contributed by atoms with E-state index >= 15 is 0 Å². The second-order valence-electron chi connectivity index (χ2n) is 6.10. The smallest absolute Gasteiger partial charge is 0.255 e. The predicted octanol–water partition coefficient (Wildman–Crippen LogP) is 5.15. The van der Waals surface area contributed by atoms with E-state index in [1.165, 1.54) is 0 Å². The highest BCUT2D eigenvalue weighted by atomic mass is 79.9. The molecule has 0 atom stereocenters. The molecule has 0 aliphatic carbocycles. The highest BCUT2D eigenvalue weighted by Gasteiger charge is 2.14. The summed E-state index contributed by atoms with van der Waals surface area (Å²) >= 11 is 3.54. The SMILES string of the molecule is CCCc1cc(Nc2ccc(Br)c(C)c2)n2nc(-c3ccco3)nc2n1. The van der Waals surface area contributed by atoms with Crippen molar-refractivity contribution in [3.05, 3.63) is 58.4 Å². The molecule has 0 aliphatic heterocycles. The maximum Gasteiger partial charge on any atom is 0.255 e. The maximum absolute atomic E-state index is 5.42. The normalized spacial score (nSPS) is 11.2. The van der Waals surface area contributed by atoms with Gasteiger partial charge in [0.1, 0.15) is 5.82 Å². The van der Waals surface area contributed by atoms with Gasteiger partial charge in [-0.05, 0) is 49.2 Å². The number of furan rings is 1. The minimum absolute atomic E-state index is 0.520. The van der Waals surface area contributed by atoms with Crippen molar-refractivity contribution in [1.82, 2.24) is 19.6 Å². The number of aromatic nitrogens is 4. The molecule has 0 radical (unpaired) electrons. The lowest BCUT2D eigenvalue weighted by molar-refractivity contribution is 0.577. The summed E-state index contributed by atoms with van der Waals surface area (Å²) in [5, 5.41) is 8.01. The van der Waals surface area contributed by atoms with Gasteiger partial charge in [0.05, 0.1) is 6.26 Å². The second-order valence-corrected chi connectivity index (χ2v) is 6.95. The first-order valence-electron chi connectivity index (χ1n) is 8.48. The van der Waals surface area contributed by atoms with Gasteiger partial charge in [0.15, 0.2) is 5.76 Å². The fraction of sp³-hybridized carbons (Fsp3) is 0.211. The Labute approximate surface area is 159 Å². The molecule has 0 unspecified atom stereocenters. The van der Waals surface area contributed by atoms with Crippen LogP contribution in [0.1, 0.15) is 24.6 Å². The van der Waals surface area contributed by atoms with E-state index in [9.17, 15) is 0 Å². The number of halogens is 1. The van der Waals surface area contributed by atoms with Gasteiger partial charge in [-0.2, -0.15) is 9.50 Å². The summed E-state index contributed by atoms with van der Waals surface area (Å²) in [6.07, 6.45) is 3.51. The minimum Gasteiger partial charge on any atom is -0.461 e. The summed E-state index contributed by atoms with van der Waals surface area (Å²) in [5.41, 5.74) is 3.12. The third kappa shape index (κ3) is 3.22. The summed E-state index contributed by atoms with van der Waals surface area (Å²) in [6, 6.07) is 11.8. The van der Waals surface area contributed by atoms with Gasteiger partial charge in [-0.3, -0.25) is 0 Å². The largest absolute Gasteiger partial charge is 0.461 e. The highest BCUT2D eigenvalue weighted by molar-refractivity contribution is 9.10. The summed E-state index contributed by atoms with van der Waals surface area (Å²) in [5.74, 6) is 2.52. The summed E-state index contributed by atoms with van der Waals surface area (Å²) in [6.45, 7) is 4.19. The zero-order valence-corrected chi connectivity index (χ0v) is 16.1. The van der Waals surface area contributed by atoms with E-state index in [1.54, 1.807) is 10.8 Å². The highest BCUT2D eigenvalue weighted by Crippen LogP contribution is 2.25. The van der Waals surface area contributed by atoms with Crippen LogP contribution in [0.4, 0.5) is 11.5 Å². The molecule has 4 aromatic rings. The van der Waals surface area contributed by atoms with Gasteiger partial charge in [0.25, 0.3) is 5.78 Å². The Hall–Kier alpha value is -2.67. The van der Waals surface area contributed by atoms with Crippen LogP contribution < -0.4 is 5.32 Å². The van der Waals surface area contributed by atoms with E-state index in [0.29, 0.717) is 17.4 Å². The van der Waals surface area contributed by atoms with Crippen molar-refractivity contribution in [3.8, 4) is 11.6 Å². The van der Waals surface area contributed by atoms with Crippen molar-refractivity contribution >= 4 is 33.2 Å². The molecule has 0 bridgehead atoms. The molecule has 7 heteroatoms. The molecule has 0 saturated carbocycles. The van der Waals surface area contributed by atoms with Gasteiger partial charge in [-0.1, -0.05) is 29.3 Å². The summed E-state index contributed by atoms with van der Waals surface area (Å²) in [4.78, 5) is 9.16. The van der Waals surface area contributed by atoms with Gasteiger partial charge in [0, 0.05) is 21.9 Å². The Morgan fingerprint density at radius 2 is 2.08 bits per heavy atom. The molecule has 0 saturated heterocycles. The fourth-order valence-electron chi connectivity index (χ4n) is 2.77. The van der Waals surface area contributed by atoms with Crippen LogP contribution in [0.3, 0.4) is 0 Å². The van der Waals surface area contributed by atoms with E-state index < -0.39 is 0 Å². The molecule has 0 fully saturated rings. The number of nitrogens with one attached hydrogen (secondary N) is 1. The average molecular weight is 412 g/mol. The maximum atomic E-state index is 5.42. The van der Waals surface area contributed by atoms with E-state index in [4.69, 9.17) is 4.42 Å². The Morgan fingerprint density at radius 3 is 2.81 bits per heavy atom. The Balaban J connectivity index is 1.81. The molecule has 0 spiro atoms. The summed E-state index contributed by atoms with van der Waals surface area (Å²) in [7, 11) is 0. The molecule has 1 aromatic carbocycles. The van der Waals surface area contributed by atoms with Crippen LogP contribution in [0.5, 0.6) is 0 Å². The first-order valence-corrected chi connectivity index (χ1v) is 9.27. The molecule has 0 aliphatic rings. The van der Waals surface area contributed by atoms with Crippen molar-refractivity contribution in [1.29, 1.82) is 0 Å². The van der Waals surface area contributed by atoms with E-state index in [-0.39, 0.29) is 0 Å². The molecule has 3 aromatic heterocycles. The van der Waals surface area contributed by atoms with Crippen LogP contribution in [-0.4, -0.2) is 19.6 Å². The van der Waals surface area contributed by atoms with Crippen LogP contribution in [0.2, 0.25) is 0 Å². The molecule has 4 rings (SSSR count). The van der Waals surface area contributed by atoms with Crippen LogP contribution in [-0.2, 0) is 6.42 Å². The number of rotatable bonds is 5. The fourth-order valence-corrected chi connectivity index (χ4v) is 3.02. The van der Waals surface area contributed by atoms with Crippen LogP contribution in [0.15, 0.2) is 51.6 Å². The molecule has 26 heavy (non-hydrogen) atoms. The monoisotopic (exact) mass is 411 g/mol. The average Bonchev–Trinajstić information content (AvgIpc) is 3.27. The molecule has 1 N–H and O–H groups in total. The first kappa shape index (κ1) is 16.8. The quantitative estimate of drug-likeness (QED) is 0.491. The molecule has 132 valence electrons. The van der Waals surface area contributed by atoms with Crippen molar-refractivity contribution < 1.29 is 4.42 Å². The van der Waals surface area contributed by atoms with Crippen molar-refractivity contribution in [2.45, 2.75) is 26.7 Å². The van der Waals surface area contributed by atoms with Crippen LogP contribution in [0.25, 0.3) is 17.4 Å². The summed E-state index contributed by atoms with van der Waals surface area (Å²) < 4.78 is 8.22. The van der Waals surface area contributed by atoms with Gasteiger partial charge in [-0.15, -0.1) is 5.10 Å². The Morgan fingerprint density at radius 1 is 1.19 bits per heavy atom. The second kappa shape index (κ2) is 6.92. The number of nitrogens with zero attached hydrogens (tertiary/aromatic N) is 4. The van der Waals surface area contributed by atoms with Crippen LogP contribution >= 0.6 is 15.9 Å². The van der Waals surface area contributed by atoms with Gasteiger partial charge >= 0.3 is 0 Å². The van der Waals surface area contributed by atoms with Crippen LogP contribution in [0, 0.1) is 6.92 Å². The minimum atomic E-state index is 0.520. The predicted molar refractivity (Wildman–Crippen MR) is 105 cm³/mol. The molecule has 0 amide bonds. The third-order valence-electron chi connectivity index (χ3n) is 4.04. The molecule has 3 heterocycles. The van der Waals surface area contributed by atoms with Gasteiger partial charge in [0.2, 0.25) is 5.82 Å². The first-order chi connectivity index (χ1) is 12.6. The van der Waals surface area contributed by atoms with E-state index in [2.05, 4.69) is 56.2 Å². The lowest BCUT2D eigenvalue weighted by Crippen LogP contribution is -2.04. The number of benzene rings is 1. The van der Waals surface area contributed by atoms with Crippen molar-refractivity contribution in [3.63, 3.8) is 0 Å². The molecule has 6 nitrogen and oxygen atoms in total. The zero-order chi connectivity index (χ0) is 18.1. The van der Waals surface area contributed by atoms with Crippen molar-refractivity contribution in [2.75, 3.05) is 5.32 Å². The van der Waals surface area contributed by atoms with Gasteiger partial charge < -0.3 is 9.73 Å². The number of aryl methyl sites for hydroxylation is 2. The lowest BCUT2D eigenvalue weighted by atomic mass is 10.2. The molecular weight excluding hydrogens is 394 g/mol. The Bertz CT molecular complexity index is 1060. The standard InChI is InChI=1S/C19H18BrN5O/c1-3-5-13-11-17(21-14-7-8-15(20)12(2)10-14)25-19(22-13)23-18(24-25)16-6-4-9-26-16/h4,6-11,21H,3,5H2,1-2H3. The number of anilines is 2. The lowest BCUT2D eigenvalue weighted by Gasteiger charge is -2.10. The number of hydrogen-bond donors (Lipinski definition) is 1. The van der Waals surface area contributed by atoms with Gasteiger partial charge in [-0.25, -0.2) is 4.98 Å². The Kier molecular flexibility index (Phi) is 4.46. The third-order valence-corrected chi connectivity index (χ3v) is 4.93. The topological polar surface area (TPSA) is 68.2 Å². The zero-order valence-electron chi connectivity index (χ0n) is 14.5. The number of hydrogen-bond acceptors (Lipinski definition) is 5. The van der Waals surface area contributed by atoms with Crippen molar-refractivity contribution in [2.24, 2.45) is 0 Å². The number of fused-ring (bicyclic) bond motifs is 1. The van der Waals surface area contributed by atoms with E-state index in [0.717, 1.165) is 40.1 Å².